The smallest absolute Gasteiger partial charge is 0.358 e. The van der Waals surface area contributed by atoms with Gasteiger partial charge in [-0.05, 0) is 18.6 Å². The van der Waals surface area contributed by atoms with Crippen LogP contribution < -0.4 is 0 Å². The molecular weight excluding hydrogens is 206 g/mol. The number of hydrogen-bond acceptors (Lipinski definition) is 3. The van der Waals surface area contributed by atoms with E-state index in [0.717, 1.165) is 5.69 Å². The Hall–Kier alpha value is -2.17. The van der Waals surface area contributed by atoms with Gasteiger partial charge in [0.2, 0.25) is 0 Å². The molecule has 5 heteroatoms. The lowest BCUT2D eigenvalue weighted by atomic mass is 10.2. The minimum Gasteiger partial charge on any atom is -0.476 e. The number of carbonyl (C=O) groups is 1. The molecule has 0 unspecified atom stereocenters. The minimum atomic E-state index is -1.04. The van der Waals surface area contributed by atoms with Gasteiger partial charge in [0.05, 0.1) is 11.4 Å². The maximum atomic E-state index is 10.9. The van der Waals surface area contributed by atoms with Gasteiger partial charge in [-0.2, -0.15) is 0 Å². The molecule has 5 nitrogen and oxygen atoms in total. The number of aromatic carboxylic acids is 1. The predicted octanol–water partition coefficient (Wildman–Crippen LogP) is 1.53. The van der Waals surface area contributed by atoms with Crippen LogP contribution in [-0.2, 0) is 6.42 Å². The second kappa shape index (κ2) is 4.14. The molecule has 0 fully saturated rings. The zero-order valence-electron chi connectivity index (χ0n) is 8.79. The Bertz CT molecular complexity index is 505. The molecule has 0 aliphatic rings. The summed E-state index contributed by atoms with van der Waals surface area (Å²) in [5, 5.41) is 16.5. The lowest BCUT2D eigenvalue weighted by molar-refractivity contribution is 0.0689. The van der Waals surface area contributed by atoms with Gasteiger partial charge in [-0.1, -0.05) is 30.3 Å². The molecule has 1 heterocycles. The van der Waals surface area contributed by atoms with Crippen molar-refractivity contribution in [2.24, 2.45) is 0 Å². The van der Waals surface area contributed by atoms with Gasteiger partial charge in [-0.15, -0.1) is 5.10 Å². The van der Waals surface area contributed by atoms with E-state index in [4.69, 9.17) is 5.11 Å². The van der Waals surface area contributed by atoms with Gasteiger partial charge < -0.3 is 5.11 Å². The first-order valence-electron chi connectivity index (χ1n) is 4.97. The summed E-state index contributed by atoms with van der Waals surface area (Å²) >= 11 is 0. The number of benzene rings is 1. The number of aromatic nitrogens is 3. The summed E-state index contributed by atoms with van der Waals surface area (Å²) in [7, 11) is 0. The molecule has 0 aliphatic heterocycles. The predicted molar refractivity (Wildman–Crippen MR) is 57.7 cm³/mol. The van der Waals surface area contributed by atoms with Crippen LogP contribution in [0.4, 0.5) is 0 Å². The average molecular weight is 217 g/mol. The largest absolute Gasteiger partial charge is 0.476 e. The second-order valence-corrected chi connectivity index (χ2v) is 3.29. The maximum absolute atomic E-state index is 10.9. The fourth-order valence-corrected chi connectivity index (χ4v) is 1.56. The maximum Gasteiger partial charge on any atom is 0.358 e. The highest BCUT2D eigenvalue weighted by atomic mass is 16.4. The highest BCUT2D eigenvalue weighted by Crippen LogP contribution is 2.13. The number of rotatable bonds is 3. The average Bonchev–Trinajstić information content (AvgIpc) is 2.73. The lowest BCUT2D eigenvalue weighted by Crippen LogP contribution is -2.05. The number of para-hydroxylation sites is 1. The van der Waals surface area contributed by atoms with Crippen molar-refractivity contribution in [2.75, 3.05) is 0 Å². The normalized spacial score (nSPS) is 10.3. The van der Waals surface area contributed by atoms with Gasteiger partial charge >= 0.3 is 5.97 Å². The summed E-state index contributed by atoms with van der Waals surface area (Å²) in [5.41, 5.74) is 1.45. The molecule has 16 heavy (non-hydrogen) atoms. The van der Waals surface area contributed by atoms with Crippen molar-refractivity contribution >= 4 is 5.97 Å². The van der Waals surface area contributed by atoms with Crippen molar-refractivity contribution in [3.05, 3.63) is 41.7 Å². The summed E-state index contributed by atoms with van der Waals surface area (Å²) in [5.74, 6) is -1.04. The van der Waals surface area contributed by atoms with E-state index in [-0.39, 0.29) is 5.69 Å². The van der Waals surface area contributed by atoms with Crippen LogP contribution in [-0.4, -0.2) is 26.1 Å². The summed E-state index contributed by atoms with van der Waals surface area (Å²) in [6.07, 6.45) is 0.573. The van der Waals surface area contributed by atoms with Crippen LogP contribution in [0.15, 0.2) is 30.3 Å². The van der Waals surface area contributed by atoms with Crippen LogP contribution in [0.5, 0.6) is 0 Å². The number of hydrogen-bond donors (Lipinski definition) is 1. The molecule has 2 rings (SSSR count). The second-order valence-electron chi connectivity index (χ2n) is 3.29. The van der Waals surface area contributed by atoms with Crippen molar-refractivity contribution in [3.8, 4) is 5.69 Å². The van der Waals surface area contributed by atoms with Gasteiger partial charge in [-0.3, -0.25) is 0 Å². The molecule has 82 valence electrons. The summed E-state index contributed by atoms with van der Waals surface area (Å²) in [4.78, 5) is 10.9. The van der Waals surface area contributed by atoms with Crippen LogP contribution in [0.3, 0.4) is 0 Å². The molecule has 1 aromatic carbocycles. The molecule has 0 bridgehead atoms. The van der Waals surface area contributed by atoms with Crippen molar-refractivity contribution < 1.29 is 9.90 Å². The van der Waals surface area contributed by atoms with Crippen LogP contribution in [0, 0.1) is 0 Å². The first-order valence-corrected chi connectivity index (χ1v) is 4.97. The topological polar surface area (TPSA) is 68.0 Å². The molecule has 0 spiro atoms. The zero-order chi connectivity index (χ0) is 11.5. The highest BCUT2D eigenvalue weighted by Gasteiger charge is 2.17. The van der Waals surface area contributed by atoms with E-state index in [1.807, 2.05) is 37.3 Å². The first kappa shape index (κ1) is 10.4. The molecule has 0 radical (unpaired) electrons. The van der Waals surface area contributed by atoms with E-state index >= 15 is 0 Å². The molecule has 0 saturated carbocycles. The van der Waals surface area contributed by atoms with Gasteiger partial charge in [0.25, 0.3) is 0 Å². The fourth-order valence-electron chi connectivity index (χ4n) is 1.56. The SMILES string of the molecule is CCc1c(C(=O)O)nnn1-c1ccccc1. The molecule has 0 saturated heterocycles. The van der Waals surface area contributed by atoms with Crippen LogP contribution in [0.2, 0.25) is 0 Å². The third-order valence-corrected chi connectivity index (χ3v) is 2.30. The Balaban J connectivity index is 2.54. The summed E-state index contributed by atoms with van der Waals surface area (Å²) in [6, 6.07) is 9.36. The lowest BCUT2D eigenvalue weighted by Gasteiger charge is -2.03. The van der Waals surface area contributed by atoms with Gasteiger partial charge in [0.15, 0.2) is 5.69 Å². The quantitative estimate of drug-likeness (QED) is 0.846. The van der Waals surface area contributed by atoms with Gasteiger partial charge in [0, 0.05) is 0 Å². The van der Waals surface area contributed by atoms with E-state index in [9.17, 15) is 4.79 Å². The number of nitrogens with zero attached hydrogens (tertiary/aromatic N) is 3. The van der Waals surface area contributed by atoms with Gasteiger partial charge in [-0.25, -0.2) is 9.48 Å². The van der Waals surface area contributed by atoms with Crippen molar-refractivity contribution in [2.45, 2.75) is 13.3 Å². The summed E-state index contributed by atoms with van der Waals surface area (Å²) < 4.78 is 1.56. The van der Waals surface area contributed by atoms with Crippen LogP contribution in [0.1, 0.15) is 23.1 Å². The Labute approximate surface area is 92.3 Å². The third-order valence-electron chi connectivity index (χ3n) is 2.30. The Kier molecular flexibility index (Phi) is 2.68. The first-order chi connectivity index (χ1) is 7.74. The van der Waals surface area contributed by atoms with E-state index in [2.05, 4.69) is 10.3 Å². The van der Waals surface area contributed by atoms with E-state index < -0.39 is 5.97 Å². The van der Waals surface area contributed by atoms with Gasteiger partial charge in [0.1, 0.15) is 0 Å². The van der Waals surface area contributed by atoms with E-state index in [1.54, 1.807) is 4.68 Å². The van der Waals surface area contributed by atoms with Crippen molar-refractivity contribution in [3.63, 3.8) is 0 Å². The Morgan fingerprint density at radius 3 is 2.62 bits per heavy atom. The van der Waals surface area contributed by atoms with E-state index in [0.29, 0.717) is 12.1 Å². The molecule has 2 aromatic rings. The molecule has 1 aromatic heterocycles. The zero-order valence-corrected chi connectivity index (χ0v) is 8.79. The van der Waals surface area contributed by atoms with Crippen LogP contribution in [0.25, 0.3) is 5.69 Å². The standard InChI is InChI=1S/C11H11N3O2/c1-2-9-10(11(15)16)12-13-14(9)8-6-4-3-5-7-8/h3-7H,2H2,1H3,(H,15,16). The Morgan fingerprint density at radius 1 is 1.38 bits per heavy atom. The third kappa shape index (κ3) is 1.67. The minimum absolute atomic E-state index is 0.0198. The summed E-state index contributed by atoms with van der Waals surface area (Å²) in [6.45, 7) is 1.88. The van der Waals surface area contributed by atoms with Crippen molar-refractivity contribution in [1.29, 1.82) is 0 Å². The number of carboxylic acids is 1. The fraction of sp³-hybridized carbons (Fsp3) is 0.182. The van der Waals surface area contributed by atoms with E-state index in [1.165, 1.54) is 0 Å². The molecule has 0 atom stereocenters. The molecular formula is C11H11N3O2. The van der Waals surface area contributed by atoms with Crippen LogP contribution >= 0.6 is 0 Å². The highest BCUT2D eigenvalue weighted by molar-refractivity contribution is 5.86. The monoisotopic (exact) mass is 217 g/mol. The number of carboxylic acid groups (broad SMARTS) is 1. The molecule has 1 N–H and O–H groups in total. The van der Waals surface area contributed by atoms with Crippen molar-refractivity contribution in [1.82, 2.24) is 15.0 Å². The molecule has 0 amide bonds. The molecule has 0 aliphatic carbocycles. The Morgan fingerprint density at radius 2 is 2.06 bits per heavy atom.